The Bertz CT molecular complexity index is 1570. The molecule has 8 nitrogen and oxygen atoms in total. The third kappa shape index (κ3) is 5.45. The third-order valence-electron chi connectivity index (χ3n) is 6.63. The van der Waals surface area contributed by atoms with Crippen LogP contribution < -0.4 is 25.2 Å². The van der Waals surface area contributed by atoms with E-state index in [-0.39, 0.29) is 5.56 Å². The van der Waals surface area contributed by atoms with Crippen LogP contribution in [0.5, 0.6) is 11.6 Å². The predicted molar refractivity (Wildman–Crippen MR) is 155 cm³/mol. The minimum Gasteiger partial charge on any atom is -0.491 e. The molecule has 0 unspecified atom stereocenters. The summed E-state index contributed by atoms with van der Waals surface area (Å²) in [6.07, 6.45) is 1.79. The zero-order chi connectivity index (χ0) is 26.8. The van der Waals surface area contributed by atoms with E-state index in [1.165, 1.54) is 14.7 Å². The number of morpholine rings is 1. The first-order valence-electron chi connectivity index (χ1n) is 12.6. The number of nitrogens with one attached hydrogen (secondary N) is 2. The van der Waals surface area contributed by atoms with Gasteiger partial charge in [-0.1, -0.05) is 35.7 Å². The van der Waals surface area contributed by atoms with Crippen LogP contribution in [0.3, 0.4) is 0 Å². The molecule has 0 bridgehead atoms. The highest BCUT2D eigenvalue weighted by Crippen LogP contribution is 2.52. The monoisotopic (exact) mass is 560 g/mol. The fourth-order valence-corrected chi connectivity index (χ4v) is 7.09. The summed E-state index contributed by atoms with van der Waals surface area (Å²) in [6, 6.07) is 18.4. The van der Waals surface area contributed by atoms with Crippen LogP contribution in [0.4, 0.5) is 11.4 Å². The SMILES string of the molecule is COc1cc(CNc2ccc3c(c2)Sc2cccc(-c4cc(N5CCOCC5)cc(=O)[nH]4)c2S3)cnc1OC. The molecule has 1 fully saturated rings. The quantitative estimate of drug-likeness (QED) is 0.267. The van der Waals surface area contributed by atoms with Crippen molar-refractivity contribution in [3.05, 3.63) is 76.7 Å². The summed E-state index contributed by atoms with van der Waals surface area (Å²) >= 11 is 3.48. The molecule has 2 N–H and O–H groups in total. The molecule has 2 aromatic heterocycles. The molecule has 39 heavy (non-hydrogen) atoms. The van der Waals surface area contributed by atoms with Gasteiger partial charge in [-0.15, -0.1) is 0 Å². The molecule has 0 radical (unpaired) electrons. The second-order valence-electron chi connectivity index (χ2n) is 9.12. The second-order valence-corrected chi connectivity index (χ2v) is 11.3. The molecule has 4 heterocycles. The Balaban J connectivity index is 1.23. The molecule has 0 amide bonds. The number of anilines is 2. The highest BCUT2D eigenvalue weighted by Gasteiger charge is 2.22. The van der Waals surface area contributed by atoms with E-state index < -0.39 is 0 Å². The summed E-state index contributed by atoms with van der Waals surface area (Å²) in [5.41, 5.74) is 4.73. The van der Waals surface area contributed by atoms with E-state index >= 15 is 0 Å². The van der Waals surface area contributed by atoms with Crippen molar-refractivity contribution < 1.29 is 14.2 Å². The van der Waals surface area contributed by atoms with E-state index in [4.69, 9.17) is 14.2 Å². The molecule has 2 aromatic carbocycles. The summed E-state index contributed by atoms with van der Waals surface area (Å²) in [7, 11) is 3.19. The molecule has 0 spiro atoms. The molecular formula is C29H28N4O4S2. The molecular weight excluding hydrogens is 532 g/mol. The van der Waals surface area contributed by atoms with E-state index in [1.807, 2.05) is 6.07 Å². The lowest BCUT2D eigenvalue weighted by atomic mass is 10.1. The summed E-state index contributed by atoms with van der Waals surface area (Å²) in [5, 5.41) is 3.49. The Morgan fingerprint density at radius 1 is 1.00 bits per heavy atom. The van der Waals surface area contributed by atoms with Crippen LogP contribution in [0.1, 0.15) is 5.56 Å². The maximum atomic E-state index is 12.6. The van der Waals surface area contributed by atoms with Crippen LogP contribution in [0, 0.1) is 0 Å². The van der Waals surface area contributed by atoms with Crippen LogP contribution >= 0.6 is 23.5 Å². The Hall–Kier alpha value is -3.60. The van der Waals surface area contributed by atoms with Crippen molar-refractivity contribution in [2.45, 2.75) is 26.1 Å². The Morgan fingerprint density at radius 2 is 1.87 bits per heavy atom. The number of pyridine rings is 2. The topological polar surface area (TPSA) is 88.7 Å². The average molecular weight is 561 g/mol. The first-order valence-corrected chi connectivity index (χ1v) is 14.3. The fraction of sp³-hybridized carbons (Fsp3) is 0.241. The van der Waals surface area contributed by atoms with Crippen LogP contribution in [-0.4, -0.2) is 50.5 Å². The Labute approximate surface area is 235 Å². The van der Waals surface area contributed by atoms with Crippen molar-refractivity contribution in [2.75, 3.05) is 50.7 Å². The molecule has 0 atom stereocenters. The van der Waals surface area contributed by atoms with Gasteiger partial charge in [0.25, 0.3) is 5.88 Å². The minimum atomic E-state index is -0.0964. The zero-order valence-electron chi connectivity index (χ0n) is 21.7. The minimum absolute atomic E-state index is 0.0964. The normalized spacial score (nSPS) is 14.4. The van der Waals surface area contributed by atoms with Crippen LogP contribution in [0.15, 0.2) is 85.2 Å². The first-order chi connectivity index (χ1) is 19.1. The van der Waals surface area contributed by atoms with Gasteiger partial charge in [0.2, 0.25) is 5.56 Å². The van der Waals surface area contributed by atoms with Crippen LogP contribution in [0.25, 0.3) is 11.3 Å². The summed E-state index contributed by atoms with van der Waals surface area (Å²) in [6.45, 7) is 3.53. The van der Waals surface area contributed by atoms with Gasteiger partial charge in [0, 0.05) is 68.4 Å². The molecule has 2 aliphatic rings. The van der Waals surface area contributed by atoms with Gasteiger partial charge in [0.05, 0.1) is 33.1 Å². The number of aromatic nitrogens is 2. The van der Waals surface area contributed by atoms with Crippen molar-refractivity contribution in [2.24, 2.45) is 0 Å². The van der Waals surface area contributed by atoms with E-state index in [0.29, 0.717) is 31.4 Å². The van der Waals surface area contributed by atoms with Crippen molar-refractivity contribution in [3.8, 4) is 22.9 Å². The molecule has 6 rings (SSSR count). The standard InChI is InChI=1S/C29H28N4O4S2/c1-35-23-12-18(17-31-29(23)36-2)16-30-19-6-7-24-26(13-19)38-25-5-3-4-21(28(25)39-24)22-14-20(15-27(34)32-22)33-8-10-37-11-9-33/h3-7,12-15,17,30H,8-11,16H2,1-2H3,(H,32,34). The molecule has 2 aliphatic heterocycles. The number of fused-ring (bicyclic) bond motifs is 2. The van der Waals surface area contributed by atoms with Crippen molar-refractivity contribution in [1.29, 1.82) is 0 Å². The lowest BCUT2D eigenvalue weighted by molar-refractivity contribution is 0.122. The molecule has 4 aromatic rings. The highest BCUT2D eigenvalue weighted by molar-refractivity contribution is 8.05. The van der Waals surface area contributed by atoms with Gasteiger partial charge < -0.3 is 29.4 Å². The molecule has 1 saturated heterocycles. The van der Waals surface area contributed by atoms with Gasteiger partial charge in [-0.3, -0.25) is 4.79 Å². The van der Waals surface area contributed by atoms with Crippen molar-refractivity contribution in [3.63, 3.8) is 0 Å². The van der Waals surface area contributed by atoms with Crippen LogP contribution in [-0.2, 0) is 11.3 Å². The number of rotatable bonds is 7. The number of hydrogen-bond acceptors (Lipinski definition) is 9. The number of benzene rings is 2. The van der Waals surface area contributed by atoms with Gasteiger partial charge >= 0.3 is 0 Å². The number of nitrogens with zero attached hydrogens (tertiary/aromatic N) is 2. The molecule has 200 valence electrons. The second kappa shape index (κ2) is 11.3. The van der Waals surface area contributed by atoms with Gasteiger partial charge in [0.15, 0.2) is 5.75 Å². The fourth-order valence-electron chi connectivity index (χ4n) is 4.67. The van der Waals surface area contributed by atoms with E-state index in [1.54, 1.807) is 50.0 Å². The van der Waals surface area contributed by atoms with Crippen molar-refractivity contribution >= 4 is 34.9 Å². The van der Waals surface area contributed by atoms with Gasteiger partial charge in [-0.2, -0.15) is 0 Å². The van der Waals surface area contributed by atoms with Gasteiger partial charge in [0.1, 0.15) is 0 Å². The number of ether oxygens (including phenoxy) is 3. The van der Waals surface area contributed by atoms with E-state index in [2.05, 4.69) is 62.6 Å². The maximum absolute atomic E-state index is 12.6. The summed E-state index contributed by atoms with van der Waals surface area (Å²) in [4.78, 5) is 26.9. The summed E-state index contributed by atoms with van der Waals surface area (Å²) in [5.74, 6) is 1.08. The Morgan fingerprint density at radius 3 is 2.69 bits per heavy atom. The lowest BCUT2D eigenvalue weighted by Crippen LogP contribution is -2.36. The van der Waals surface area contributed by atoms with Gasteiger partial charge in [-0.05, 0) is 42.0 Å². The smallest absolute Gasteiger partial charge is 0.256 e. The summed E-state index contributed by atoms with van der Waals surface area (Å²) < 4.78 is 16.1. The van der Waals surface area contributed by atoms with Gasteiger partial charge in [-0.25, -0.2) is 4.98 Å². The van der Waals surface area contributed by atoms with E-state index in [9.17, 15) is 4.79 Å². The molecule has 10 heteroatoms. The van der Waals surface area contributed by atoms with E-state index in [0.717, 1.165) is 46.2 Å². The predicted octanol–water partition coefficient (Wildman–Crippen LogP) is 5.52. The maximum Gasteiger partial charge on any atom is 0.256 e. The number of hydrogen-bond donors (Lipinski definition) is 2. The number of H-pyrrole nitrogens is 1. The zero-order valence-corrected chi connectivity index (χ0v) is 23.3. The highest BCUT2D eigenvalue weighted by atomic mass is 32.2. The number of methoxy groups -OCH3 is 2. The van der Waals surface area contributed by atoms with Crippen LogP contribution in [0.2, 0.25) is 0 Å². The largest absolute Gasteiger partial charge is 0.491 e. The number of aromatic amines is 1. The molecule has 0 aliphatic carbocycles. The average Bonchev–Trinajstić information content (AvgIpc) is 2.98. The third-order valence-corrected chi connectivity index (χ3v) is 9.23. The Kier molecular flexibility index (Phi) is 7.40. The molecule has 0 saturated carbocycles. The lowest BCUT2D eigenvalue weighted by Gasteiger charge is -2.29. The van der Waals surface area contributed by atoms with Crippen molar-refractivity contribution in [1.82, 2.24) is 9.97 Å². The first kappa shape index (κ1) is 25.7.